The van der Waals surface area contributed by atoms with Crippen LogP contribution in [0.2, 0.25) is 0 Å². The molecule has 8 nitrogen and oxygen atoms in total. The highest BCUT2D eigenvalue weighted by atomic mass is 17.2. The number of piperazine rings is 1. The van der Waals surface area contributed by atoms with Gasteiger partial charge in [0, 0.05) is 36.5 Å². The Hall–Kier alpha value is -2.84. The molecule has 4 aliphatic heterocycles. The molecule has 35 heavy (non-hydrogen) atoms. The van der Waals surface area contributed by atoms with Crippen LogP contribution in [0, 0.1) is 0 Å². The van der Waals surface area contributed by atoms with Gasteiger partial charge < -0.3 is 19.1 Å². The first-order valence-electron chi connectivity index (χ1n) is 12.5. The minimum Gasteiger partial charge on any atom is -0.497 e. The first-order chi connectivity index (χ1) is 16.7. The predicted octanol–water partition coefficient (Wildman–Crippen LogP) is 4.04. The molecule has 4 atom stereocenters. The first-order valence-corrected chi connectivity index (χ1v) is 12.5. The largest absolute Gasteiger partial charge is 0.497 e. The van der Waals surface area contributed by atoms with E-state index in [-0.39, 0.29) is 23.9 Å². The number of carbonyl (C=O) groups is 2. The number of rotatable bonds is 2. The van der Waals surface area contributed by atoms with Crippen molar-refractivity contribution in [1.29, 1.82) is 0 Å². The molecule has 8 heteroatoms. The summed E-state index contributed by atoms with van der Waals surface area (Å²) in [6, 6.07) is 4.88. The van der Waals surface area contributed by atoms with Crippen LogP contribution in [0.25, 0.3) is 10.9 Å². The number of amides is 2. The summed E-state index contributed by atoms with van der Waals surface area (Å²) in [6.07, 6.45) is 4.15. The maximum atomic E-state index is 13.9. The van der Waals surface area contributed by atoms with Gasteiger partial charge in [-0.15, -0.1) is 0 Å². The molecule has 2 fully saturated rings. The van der Waals surface area contributed by atoms with Gasteiger partial charge in [-0.2, -0.15) is 0 Å². The average Bonchev–Trinajstić information content (AvgIpc) is 3.42. The van der Waals surface area contributed by atoms with Gasteiger partial charge in [0.2, 0.25) is 11.8 Å². The van der Waals surface area contributed by atoms with Crippen LogP contribution in [0.4, 0.5) is 0 Å². The standard InChI is InChI=1S/C27H33N3O5/c1-15(2)11-23-30-20-12-16(33-5)8-9-17(20)18-13-21-25(31)28-10-6-7-19(28)26(32)29(21)22(24(18)30)14-27(3,4)35-34-23/h8-9,11-12,19,21-23H,6-7,10,13-14H2,1-5H3/t19?,21?,22-,23?/m0/s1. The zero-order valence-corrected chi connectivity index (χ0v) is 21.0. The van der Waals surface area contributed by atoms with E-state index in [1.165, 1.54) is 0 Å². The van der Waals surface area contributed by atoms with Crippen LogP contribution in [-0.4, -0.2) is 57.5 Å². The second kappa shape index (κ2) is 7.83. The third-order valence-corrected chi connectivity index (χ3v) is 7.89. The number of carbonyl (C=O) groups excluding carboxylic acids is 2. The number of hydrogen-bond acceptors (Lipinski definition) is 5. The van der Waals surface area contributed by atoms with Crippen molar-refractivity contribution in [1.82, 2.24) is 14.4 Å². The summed E-state index contributed by atoms with van der Waals surface area (Å²) in [7, 11) is 1.65. The topological polar surface area (TPSA) is 73.2 Å². The van der Waals surface area contributed by atoms with E-state index in [1.807, 2.05) is 55.7 Å². The van der Waals surface area contributed by atoms with Gasteiger partial charge in [-0.1, -0.05) is 5.57 Å². The van der Waals surface area contributed by atoms with Crippen molar-refractivity contribution < 1.29 is 24.1 Å². The number of nitrogens with zero attached hydrogens (tertiary/aromatic N) is 3. The highest BCUT2D eigenvalue weighted by molar-refractivity contribution is 5.99. The maximum Gasteiger partial charge on any atom is 0.246 e. The molecular weight excluding hydrogens is 446 g/mol. The Labute approximate surface area is 205 Å². The molecule has 1 aromatic heterocycles. The van der Waals surface area contributed by atoms with E-state index in [2.05, 4.69) is 10.6 Å². The summed E-state index contributed by atoms with van der Waals surface area (Å²) in [5.74, 6) is 0.878. The van der Waals surface area contributed by atoms with Gasteiger partial charge in [-0.3, -0.25) is 9.59 Å². The van der Waals surface area contributed by atoms with Crippen LogP contribution in [0.3, 0.4) is 0 Å². The molecule has 0 saturated carbocycles. The Bertz CT molecular complexity index is 1260. The van der Waals surface area contributed by atoms with E-state index < -0.39 is 17.9 Å². The molecule has 2 saturated heterocycles. The van der Waals surface area contributed by atoms with E-state index in [4.69, 9.17) is 14.5 Å². The molecule has 0 bridgehead atoms. The molecular formula is C27H33N3O5. The number of aromatic nitrogens is 1. The van der Waals surface area contributed by atoms with Gasteiger partial charge in [0.05, 0.1) is 18.7 Å². The van der Waals surface area contributed by atoms with E-state index in [0.29, 0.717) is 19.4 Å². The summed E-state index contributed by atoms with van der Waals surface area (Å²) >= 11 is 0. The van der Waals surface area contributed by atoms with Crippen LogP contribution in [-0.2, 0) is 25.8 Å². The van der Waals surface area contributed by atoms with Crippen molar-refractivity contribution in [2.75, 3.05) is 13.7 Å². The SMILES string of the molecule is COc1ccc2c3c4n(c2c1)C(C=C(C)C)OOC(C)(C)C[C@@H]4N1C(=O)C2CCCN2C(=O)C1C3. The molecule has 6 rings (SSSR count). The van der Waals surface area contributed by atoms with Crippen molar-refractivity contribution in [3.05, 3.63) is 41.1 Å². The summed E-state index contributed by atoms with van der Waals surface area (Å²) in [5.41, 5.74) is 3.53. The van der Waals surface area contributed by atoms with Gasteiger partial charge in [-0.05, 0) is 64.3 Å². The van der Waals surface area contributed by atoms with Crippen LogP contribution < -0.4 is 4.74 Å². The molecule has 1 aromatic carbocycles. The fraction of sp³-hybridized carbons (Fsp3) is 0.556. The number of benzene rings is 1. The second-order valence-corrected chi connectivity index (χ2v) is 11.1. The van der Waals surface area contributed by atoms with E-state index in [0.717, 1.165) is 46.3 Å². The highest BCUT2D eigenvalue weighted by Crippen LogP contribution is 2.49. The third-order valence-electron chi connectivity index (χ3n) is 7.89. The van der Waals surface area contributed by atoms with E-state index >= 15 is 0 Å². The smallest absolute Gasteiger partial charge is 0.246 e. The zero-order valence-electron chi connectivity index (χ0n) is 21.0. The minimum absolute atomic E-state index is 0.0631. The Morgan fingerprint density at radius 3 is 2.69 bits per heavy atom. The molecule has 2 amide bonds. The molecule has 186 valence electrons. The van der Waals surface area contributed by atoms with Crippen molar-refractivity contribution >= 4 is 22.7 Å². The lowest BCUT2D eigenvalue weighted by atomic mass is 9.83. The third kappa shape index (κ3) is 3.33. The normalized spacial score (nSPS) is 29.3. The van der Waals surface area contributed by atoms with E-state index in [1.54, 1.807) is 7.11 Å². The maximum absolute atomic E-state index is 13.9. The zero-order chi connectivity index (χ0) is 24.6. The lowest BCUT2D eigenvalue weighted by Gasteiger charge is -2.50. The fourth-order valence-electron chi connectivity index (χ4n) is 6.47. The lowest BCUT2D eigenvalue weighted by molar-refractivity contribution is -0.389. The lowest BCUT2D eigenvalue weighted by Crippen LogP contribution is -2.66. The quantitative estimate of drug-likeness (QED) is 0.480. The minimum atomic E-state index is -0.660. The first kappa shape index (κ1) is 22.6. The molecule has 3 unspecified atom stereocenters. The van der Waals surface area contributed by atoms with E-state index in [9.17, 15) is 9.59 Å². The Balaban J connectivity index is 1.64. The monoisotopic (exact) mass is 479 g/mol. The summed E-state index contributed by atoms with van der Waals surface area (Å²) < 4.78 is 7.70. The fourth-order valence-corrected chi connectivity index (χ4v) is 6.47. The van der Waals surface area contributed by atoms with Gasteiger partial charge in [-0.25, -0.2) is 9.78 Å². The molecule has 0 radical (unpaired) electrons. The highest BCUT2D eigenvalue weighted by Gasteiger charge is 2.55. The van der Waals surface area contributed by atoms with Gasteiger partial charge in [0.15, 0.2) is 6.23 Å². The Kier molecular flexibility index (Phi) is 5.06. The van der Waals surface area contributed by atoms with Crippen LogP contribution >= 0.6 is 0 Å². The van der Waals surface area contributed by atoms with Crippen LogP contribution in [0.15, 0.2) is 29.8 Å². The number of methoxy groups -OCH3 is 1. The number of allylic oxidation sites excluding steroid dienone is 1. The number of ether oxygens (including phenoxy) is 1. The number of hydrogen-bond donors (Lipinski definition) is 0. The van der Waals surface area contributed by atoms with Gasteiger partial charge in [0.1, 0.15) is 23.4 Å². The molecule has 0 aliphatic carbocycles. The molecule has 0 N–H and O–H groups in total. The van der Waals surface area contributed by atoms with Gasteiger partial charge >= 0.3 is 0 Å². The average molecular weight is 480 g/mol. The molecule has 0 spiro atoms. The van der Waals surface area contributed by atoms with Crippen molar-refractivity contribution in [3.8, 4) is 5.75 Å². The summed E-state index contributed by atoms with van der Waals surface area (Å²) in [4.78, 5) is 43.4. The molecule has 2 aromatic rings. The van der Waals surface area contributed by atoms with Crippen LogP contribution in [0.1, 0.15) is 70.5 Å². The predicted molar refractivity (Wildman–Crippen MR) is 130 cm³/mol. The van der Waals surface area contributed by atoms with Gasteiger partial charge in [0.25, 0.3) is 0 Å². The van der Waals surface area contributed by atoms with Crippen molar-refractivity contribution in [2.45, 2.75) is 83.3 Å². The Morgan fingerprint density at radius 1 is 1.14 bits per heavy atom. The van der Waals surface area contributed by atoms with Crippen molar-refractivity contribution in [2.24, 2.45) is 0 Å². The second-order valence-electron chi connectivity index (χ2n) is 11.1. The Morgan fingerprint density at radius 2 is 1.94 bits per heavy atom. The molecule has 5 heterocycles. The number of fused-ring (bicyclic) bond motifs is 6. The summed E-state index contributed by atoms with van der Waals surface area (Å²) in [5, 5.41) is 1.06. The molecule has 4 aliphatic rings. The summed E-state index contributed by atoms with van der Waals surface area (Å²) in [6.45, 7) is 8.69. The van der Waals surface area contributed by atoms with Crippen LogP contribution in [0.5, 0.6) is 5.75 Å². The van der Waals surface area contributed by atoms with Crippen molar-refractivity contribution in [3.63, 3.8) is 0 Å².